The van der Waals surface area contributed by atoms with Gasteiger partial charge in [-0.3, -0.25) is 0 Å². The van der Waals surface area contributed by atoms with Crippen LogP contribution in [0.15, 0.2) is 121 Å². The van der Waals surface area contributed by atoms with Crippen molar-refractivity contribution in [2.45, 2.75) is 19.8 Å². The zero-order valence-corrected chi connectivity index (χ0v) is 19.9. The fourth-order valence-corrected chi connectivity index (χ4v) is 4.05. The molecule has 0 heterocycles. The van der Waals surface area contributed by atoms with Crippen molar-refractivity contribution in [2.75, 3.05) is 12.4 Å². The molecular formula is C32H31NO. The molecule has 0 fully saturated rings. The van der Waals surface area contributed by atoms with Gasteiger partial charge in [0.1, 0.15) is 5.75 Å². The van der Waals surface area contributed by atoms with Crippen LogP contribution in [-0.4, -0.2) is 7.11 Å². The van der Waals surface area contributed by atoms with Crippen LogP contribution < -0.4 is 10.1 Å². The van der Waals surface area contributed by atoms with E-state index in [0.29, 0.717) is 0 Å². The molecule has 4 aromatic carbocycles. The molecule has 0 amide bonds. The molecule has 1 N–H and O–H groups in total. The van der Waals surface area contributed by atoms with Crippen molar-refractivity contribution in [3.05, 3.63) is 127 Å². The van der Waals surface area contributed by atoms with Crippen LogP contribution in [0, 0.1) is 0 Å². The minimum atomic E-state index is 0.948. The van der Waals surface area contributed by atoms with Gasteiger partial charge in [0.2, 0.25) is 0 Å². The van der Waals surface area contributed by atoms with Gasteiger partial charge >= 0.3 is 0 Å². The van der Waals surface area contributed by atoms with E-state index in [0.717, 1.165) is 41.1 Å². The Morgan fingerprint density at radius 1 is 0.676 bits per heavy atom. The monoisotopic (exact) mass is 445 g/mol. The van der Waals surface area contributed by atoms with Gasteiger partial charge in [-0.15, -0.1) is 0 Å². The van der Waals surface area contributed by atoms with Gasteiger partial charge < -0.3 is 10.1 Å². The van der Waals surface area contributed by atoms with Crippen LogP contribution in [0.3, 0.4) is 0 Å². The molecular weight excluding hydrogens is 414 g/mol. The number of nitrogens with one attached hydrogen (secondary N) is 1. The van der Waals surface area contributed by atoms with Gasteiger partial charge in [-0.1, -0.05) is 97.1 Å². The highest BCUT2D eigenvalue weighted by atomic mass is 16.5. The summed E-state index contributed by atoms with van der Waals surface area (Å²) in [4.78, 5) is 0. The molecule has 4 aromatic rings. The highest BCUT2D eigenvalue weighted by Crippen LogP contribution is 2.35. The largest absolute Gasteiger partial charge is 0.496 e. The zero-order valence-electron chi connectivity index (χ0n) is 19.9. The first-order chi connectivity index (χ1) is 16.8. The van der Waals surface area contributed by atoms with E-state index in [9.17, 15) is 0 Å². The van der Waals surface area contributed by atoms with E-state index in [-0.39, 0.29) is 0 Å². The first-order valence-electron chi connectivity index (χ1n) is 11.7. The van der Waals surface area contributed by atoms with Crippen molar-refractivity contribution < 1.29 is 4.74 Å². The Balaban J connectivity index is 1.46. The summed E-state index contributed by atoms with van der Waals surface area (Å²) < 4.78 is 5.83. The number of hydrogen-bond acceptors (Lipinski definition) is 2. The lowest BCUT2D eigenvalue weighted by atomic mass is 9.98. The summed E-state index contributed by atoms with van der Waals surface area (Å²) >= 11 is 0. The van der Waals surface area contributed by atoms with E-state index in [2.05, 4.69) is 115 Å². The molecule has 2 nitrogen and oxygen atoms in total. The van der Waals surface area contributed by atoms with Gasteiger partial charge in [0.15, 0.2) is 0 Å². The number of allylic oxidation sites excluding steroid dienone is 4. The topological polar surface area (TPSA) is 21.3 Å². The summed E-state index contributed by atoms with van der Waals surface area (Å²) in [7, 11) is 1.76. The number of benzene rings is 4. The van der Waals surface area contributed by atoms with Crippen LogP contribution in [0.5, 0.6) is 5.75 Å². The molecule has 0 aromatic heterocycles. The number of para-hydroxylation sites is 1. The predicted octanol–water partition coefficient (Wildman–Crippen LogP) is 8.84. The molecule has 0 aliphatic rings. The molecule has 2 heteroatoms. The first-order valence-corrected chi connectivity index (χ1v) is 11.7. The van der Waals surface area contributed by atoms with E-state index < -0.39 is 0 Å². The number of anilines is 2. The molecule has 0 spiro atoms. The maximum Gasteiger partial charge on any atom is 0.129 e. The Morgan fingerprint density at radius 2 is 1.32 bits per heavy atom. The Bertz CT molecular complexity index is 1240. The molecule has 0 aliphatic heterocycles. The summed E-state index contributed by atoms with van der Waals surface area (Å²) in [5.74, 6) is 0.958. The van der Waals surface area contributed by atoms with Crippen molar-refractivity contribution in [3.8, 4) is 28.0 Å². The number of ether oxygens (including phenoxy) is 1. The van der Waals surface area contributed by atoms with Crippen LogP contribution in [0.4, 0.5) is 11.4 Å². The van der Waals surface area contributed by atoms with Gasteiger partial charge in [-0.2, -0.15) is 0 Å². The lowest BCUT2D eigenvalue weighted by molar-refractivity contribution is 0.411. The standard InChI is InChI=1S/C32H31NO/c1-3-4-5-6-8-14-28-15-11-16-31(32(28)34-2)27-19-23-30(24-20-27)33-29-21-17-26(18-22-29)25-12-9-7-10-13-25/h3-7,9-13,15-24,33H,8,14H2,1-2H3/b4-3-,6-5-. The fourth-order valence-electron chi connectivity index (χ4n) is 4.05. The van der Waals surface area contributed by atoms with Gasteiger partial charge in [-0.25, -0.2) is 0 Å². The molecule has 0 aliphatic carbocycles. The third-order valence-electron chi connectivity index (χ3n) is 5.80. The lowest BCUT2D eigenvalue weighted by Gasteiger charge is -2.14. The second-order valence-corrected chi connectivity index (χ2v) is 8.14. The lowest BCUT2D eigenvalue weighted by Crippen LogP contribution is -1.95. The highest BCUT2D eigenvalue weighted by Gasteiger charge is 2.10. The summed E-state index contributed by atoms with van der Waals surface area (Å²) in [6, 6.07) is 33.9. The maximum atomic E-state index is 5.83. The van der Waals surface area contributed by atoms with Crippen LogP contribution in [-0.2, 0) is 6.42 Å². The van der Waals surface area contributed by atoms with Gasteiger partial charge in [0.25, 0.3) is 0 Å². The second kappa shape index (κ2) is 11.7. The normalized spacial score (nSPS) is 11.2. The van der Waals surface area contributed by atoms with E-state index in [4.69, 9.17) is 4.74 Å². The predicted molar refractivity (Wildman–Crippen MR) is 146 cm³/mol. The second-order valence-electron chi connectivity index (χ2n) is 8.14. The Hall–Kier alpha value is -4.04. The average Bonchev–Trinajstić information content (AvgIpc) is 2.90. The van der Waals surface area contributed by atoms with Crippen molar-refractivity contribution in [1.29, 1.82) is 0 Å². The Morgan fingerprint density at radius 3 is 1.97 bits per heavy atom. The molecule has 0 radical (unpaired) electrons. The van der Waals surface area contributed by atoms with E-state index in [1.807, 2.05) is 19.1 Å². The summed E-state index contributed by atoms with van der Waals surface area (Å²) in [6.07, 6.45) is 10.3. The fraction of sp³-hybridized carbons (Fsp3) is 0.125. The highest BCUT2D eigenvalue weighted by molar-refractivity contribution is 5.75. The van der Waals surface area contributed by atoms with E-state index in [1.165, 1.54) is 16.7 Å². The van der Waals surface area contributed by atoms with Crippen molar-refractivity contribution in [1.82, 2.24) is 0 Å². The van der Waals surface area contributed by atoms with Crippen LogP contribution >= 0.6 is 0 Å². The van der Waals surface area contributed by atoms with E-state index >= 15 is 0 Å². The smallest absolute Gasteiger partial charge is 0.129 e. The van der Waals surface area contributed by atoms with Gasteiger partial charge in [-0.05, 0) is 66.3 Å². The van der Waals surface area contributed by atoms with Gasteiger partial charge in [0.05, 0.1) is 7.11 Å². The Labute approximate surface area is 203 Å². The molecule has 0 saturated heterocycles. The van der Waals surface area contributed by atoms with Crippen molar-refractivity contribution in [2.24, 2.45) is 0 Å². The van der Waals surface area contributed by atoms with Crippen LogP contribution in [0.1, 0.15) is 18.9 Å². The summed E-state index contributed by atoms with van der Waals surface area (Å²) in [6.45, 7) is 2.03. The Kier molecular flexibility index (Phi) is 7.97. The average molecular weight is 446 g/mol. The molecule has 4 rings (SSSR count). The minimum Gasteiger partial charge on any atom is -0.496 e. The first kappa shape index (κ1) is 23.1. The SMILES string of the molecule is C/C=C\C=C/CCc1cccc(-c2ccc(Nc3ccc(-c4ccccc4)cc3)cc2)c1OC. The number of rotatable bonds is 9. The molecule has 34 heavy (non-hydrogen) atoms. The van der Waals surface area contributed by atoms with Crippen LogP contribution in [0.25, 0.3) is 22.3 Å². The maximum absolute atomic E-state index is 5.83. The third kappa shape index (κ3) is 5.85. The minimum absolute atomic E-state index is 0.948. The molecule has 170 valence electrons. The third-order valence-corrected chi connectivity index (χ3v) is 5.80. The summed E-state index contributed by atoms with van der Waals surface area (Å²) in [5.41, 5.74) is 8.06. The number of hydrogen-bond donors (Lipinski definition) is 1. The van der Waals surface area contributed by atoms with Crippen molar-refractivity contribution >= 4 is 11.4 Å². The molecule has 0 unspecified atom stereocenters. The summed E-state index contributed by atoms with van der Waals surface area (Å²) in [5, 5.41) is 3.50. The quantitative estimate of drug-likeness (QED) is 0.260. The molecule has 0 atom stereocenters. The molecule has 0 saturated carbocycles. The number of methoxy groups -OCH3 is 1. The molecule has 0 bridgehead atoms. The number of aryl methyl sites for hydroxylation is 1. The van der Waals surface area contributed by atoms with Crippen molar-refractivity contribution in [3.63, 3.8) is 0 Å². The van der Waals surface area contributed by atoms with Crippen LogP contribution in [0.2, 0.25) is 0 Å². The van der Waals surface area contributed by atoms with Gasteiger partial charge in [0, 0.05) is 16.9 Å². The van der Waals surface area contributed by atoms with E-state index in [1.54, 1.807) is 7.11 Å². The zero-order chi connectivity index (χ0) is 23.6.